The maximum absolute atomic E-state index is 10.5. The molecule has 86 valence electrons. The molecule has 0 bridgehead atoms. The van der Waals surface area contributed by atoms with Crippen LogP contribution >= 0.6 is 0 Å². The molecule has 1 heterocycles. The van der Waals surface area contributed by atoms with E-state index in [4.69, 9.17) is 0 Å². The van der Waals surface area contributed by atoms with Gasteiger partial charge in [-0.2, -0.15) is 0 Å². The zero-order valence-corrected chi connectivity index (χ0v) is 9.62. The van der Waals surface area contributed by atoms with Crippen molar-refractivity contribution in [1.29, 1.82) is 0 Å². The average Bonchev–Trinajstić information content (AvgIpc) is 2.30. The van der Waals surface area contributed by atoms with Gasteiger partial charge in [-0.05, 0) is 57.0 Å². The van der Waals surface area contributed by atoms with Crippen molar-refractivity contribution < 1.29 is 4.79 Å². The fourth-order valence-corrected chi connectivity index (χ4v) is 2.13. The summed E-state index contributed by atoms with van der Waals surface area (Å²) >= 11 is 0. The second kappa shape index (κ2) is 4.66. The van der Waals surface area contributed by atoms with Crippen LogP contribution in [0.2, 0.25) is 0 Å². The molecule has 0 aromatic heterocycles. The topological polar surface area (TPSA) is 41.1 Å². The number of piperidine rings is 1. The van der Waals surface area contributed by atoms with Crippen molar-refractivity contribution in [3.05, 3.63) is 29.8 Å². The summed E-state index contributed by atoms with van der Waals surface area (Å²) in [6.45, 7) is 3.25. The van der Waals surface area contributed by atoms with E-state index in [1.165, 1.54) is 12.8 Å². The van der Waals surface area contributed by atoms with Crippen LogP contribution in [-0.2, 0) is 0 Å². The van der Waals surface area contributed by atoms with Crippen LogP contribution in [0.15, 0.2) is 24.3 Å². The first-order valence-corrected chi connectivity index (χ1v) is 5.80. The Morgan fingerprint density at radius 3 is 2.62 bits per heavy atom. The Balaban J connectivity index is 2.04. The number of carbonyl (C=O) groups excluding carboxylic acids is 1. The number of nitrogens with one attached hydrogen (secondary N) is 2. The van der Waals surface area contributed by atoms with Crippen LogP contribution in [0, 0.1) is 0 Å². The molecule has 1 aromatic rings. The molecule has 3 nitrogen and oxygen atoms in total. The summed E-state index contributed by atoms with van der Waals surface area (Å²) in [5, 5.41) is 6.97. The highest BCUT2D eigenvalue weighted by Crippen LogP contribution is 2.21. The van der Waals surface area contributed by atoms with Crippen LogP contribution < -0.4 is 10.6 Å². The number of carbonyl (C=O) groups is 1. The predicted octanol–water partition coefficient (Wildman–Crippen LogP) is 2.40. The lowest BCUT2D eigenvalue weighted by atomic mass is 9.99. The van der Waals surface area contributed by atoms with Crippen molar-refractivity contribution in [3.63, 3.8) is 0 Å². The highest BCUT2D eigenvalue weighted by atomic mass is 16.1. The molecule has 0 amide bonds. The summed E-state index contributed by atoms with van der Waals surface area (Å²) in [6, 6.07) is 7.57. The van der Waals surface area contributed by atoms with Crippen molar-refractivity contribution in [3.8, 4) is 0 Å². The predicted molar refractivity (Wildman–Crippen MR) is 65.7 cm³/mol. The van der Waals surface area contributed by atoms with E-state index in [1.807, 2.05) is 24.3 Å². The van der Waals surface area contributed by atoms with Gasteiger partial charge in [-0.15, -0.1) is 0 Å². The fourth-order valence-electron chi connectivity index (χ4n) is 2.13. The van der Waals surface area contributed by atoms with Crippen LogP contribution in [0.25, 0.3) is 0 Å². The number of rotatable bonds is 3. The van der Waals surface area contributed by atoms with Crippen molar-refractivity contribution in [1.82, 2.24) is 5.32 Å². The molecule has 0 unspecified atom stereocenters. The number of anilines is 1. The molecular formula is C13H18N2O. The summed E-state index contributed by atoms with van der Waals surface area (Å²) < 4.78 is 0. The Morgan fingerprint density at radius 2 is 2.06 bits per heavy atom. The molecule has 1 fully saturated rings. The minimum atomic E-state index is -0.0130. The third kappa shape index (κ3) is 2.61. The van der Waals surface area contributed by atoms with Crippen molar-refractivity contribution in [2.75, 3.05) is 11.9 Å². The monoisotopic (exact) mass is 218 g/mol. The quantitative estimate of drug-likeness (QED) is 0.765. The van der Waals surface area contributed by atoms with E-state index in [2.05, 4.69) is 17.6 Å². The van der Waals surface area contributed by atoms with E-state index in [1.54, 1.807) is 0 Å². The number of aldehydes is 1. The van der Waals surface area contributed by atoms with Crippen molar-refractivity contribution >= 4 is 12.0 Å². The molecule has 16 heavy (non-hydrogen) atoms. The van der Waals surface area contributed by atoms with Gasteiger partial charge in [-0.1, -0.05) is 0 Å². The summed E-state index contributed by atoms with van der Waals surface area (Å²) in [5.74, 6) is 0. The standard InChI is InChI=1S/C13H18N2O/c1-13(8-2-3-9-14-13)15-12-6-4-11(10-16)5-7-12/h4-7,10,14-15H,2-3,8-9H2,1H3/t13-/m1/s1. The summed E-state index contributed by atoms with van der Waals surface area (Å²) in [7, 11) is 0. The molecular weight excluding hydrogens is 200 g/mol. The summed E-state index contributed by atoms with van der Waals surface area (Å²) in [6.07, 6.45) is 4.50. The zero-order valence-electron chi connectivity index (χ0n) is 9.62. The second-order valence-corrected chi connectivity index (χ2v) is 4.58. The lowest BCUT2D eigenvalue weighted by Crippen LogP contribution is -2.52. The van der Waals surface area contributed by atoms with E-state index in [0.29, 0.717) is 5.56 Å². The van der Waals surface area contributed by atoms with Gasteiger partial charge in [0, 0.05) is 11.3 Å². The molecule has 0 aliphatic carbocycles. The van der Waals surface area contributed by atoms with Gasteiger partial charge in [-0.3, -0.25) is 10.1 Å². The van der Waals surface area contributed by atoms with Gasteiger partial charge in [0.15, 0.2) is 0 Å². The van der Waals surface area contributed by atoms with Crippen molar-refractivity contribution in [2.24, 2.45) is 0 Å². The minimum absolute atomic E-state index is 0.0130. The molecule has 2 rings (SSSR count). The van der Waals surface area contributed by atoms with Gasteiger partial charge in [-0.25, -0.2) is 0 Å². The Bertz CT molecular complexity index is 353. The Morgan fingerprint density at radius 1 is 1.31 bits per heavy atom. The molecule has 1 aliphatic heterocycles. The molecule has 2 N–H and O–H groups in total. The molecule has 1 aliphatic rings. The van der Waals surface area contributed by atoms with Crippen LogP contribution in [0.5, 0.6) is 0 Å². The van der Waals surface area contributed by atoms with E-state index in [9.17, 15) is 4.79 Å². The van der Waals surface area contributed by atoms with Crippen LogP contribution in [-0.4, -0.2) is 18.5 Å². The highest BCUT2D eigenvalue weighted by Gasteiger charge is 2.25. The Labute approximate surface area is 96.2 Å². The lowest BCUT2D eigenvalue weighted by Gasteiger charge is -2.36. The molecule has 0 spiro atoms. The van der Waals surface area contributed by atoms with Gasteiger partial charge in [0.1, 0.15) is 6.29 Å². The van der Waals surface area contributed by atoms with Gasteiger partial charge in [0.25, 0.3) is 0 Å². The number of benzene rings is 1. The SMILES string of the molecule is C[C@@]1(Nc2ccc(C=O)cc2)CCCCN1. The van der Waals surface area contributed by atoms with E-state index < -0.39 is 0 Å². The van der Waals surface area contributed by atoms with Gasteiger partial charge < -0.3 is 5.32 Å². The second-order valence-electron chi connectivity index (χ2n) is 4.58. The van der Waals surface area contributed by atoms with Gasteiger partial charge in [0.2, 0.25) is 0 Å². The third-order valence-electron chi connectivity index (χ3n) is 3.09. The largest absolute Gasteiger partial charge is 0.367 e. The molecule has 0 saturated carbocycles. The van der Waals surface area contributed by atoms with Crippen LogP contribution in [0.3, 0.4) is 0 Å². The fraction of sp³-hybridized carbons (Fsp3) is 0.462. The normalized spacial score (nSPS) is 25.1. The van der Waals surface area contributed by atoms with Gasteiger partial charge in [0.05, 0.1) is 5.66 Å². The first-order valence-electron chi connectivity index (χ1n) is 5.80. The van der Waals surface area contributed by atoms with Crippen LogP contribution in [0.1, 0.15) is 36.5 Å². The zero-order chi connectivity index (χ0) is 11.4. The van der Waals surface area contributed by atoms with Crippen molar-refractivity contribution in [2.45, 2.75) is 31.8 Å². The third-order valence-corrected chi connectivity index (χ3v) is 3.09. The number of hydrogen-bond donors (Lipinski definition) is 2. The Hall–Kier alpha value is -1.35. The van der Waals surface area contributed by atoms with E-state index in [-0.39, 0.29) is 5.66 Å². The lowest BCUT2D eigenvalue weighted by molar-refractivity contribution is 0.112. The van der Waals surface area contributed by atoms with Crippen LogP contribution in [0.4, 0.5) is 5.69 Å². The summed E-state index contributed by atoms with van der Waals surface area (Å²) in [5.41, 5.74) is 1.76. The smallest absolute Gasteiger partial charge is 0.150 e. The highest BCUT2D eigenvalue weighted by molar-refractivity contribution is 5.75. The average molecular weight is 218 g/mol. The number of hydrogen-bond acceptors (Lipinski definition) is 3. The summed E-state index contributed by atoms with van der Waals surface area (Å²) in [4.78, 5) is 10.5. The molecule has 1 atom stereocenters. The molecule has 0 radical (unpaired) electrons. The maximum Gasteiger partial charge on any atom is 0.150 e. The van der Waals surface area contributed by atoms with E-state index >= 15 is 0 Å². The first kappa shape index (κ1) is 11.1. The van der Waals surface area contributed by atoms with E-state index in [0.717, 1.165) is 24.9 Å². The molecule has 1 saturated heterocycles. The van der Waals surface area contributed by atoms with Gasteiger partial charge >= 0.3 is 0 Å². The maximum atomic E-state index is 10.5. The minimum Gasteiger partial charge on any atom is -0.367 e. The first-order chi connectivity index (χ1) is 7.72. The molecule has 1 aromatic carbocycles. The molecule has 3 heteroatoms. The Kier molecular flexibility index (Phi) is 3.25.